The Morgan fingerprint density at radius 2 is 1.84 bits per heavy atom. The van der Waals surface area contributed by atoms with Gasteiger partial charge >= 0.3 is 0 Å². The van der Waals surface area contributed by atoms with E-state index in [9.17, 15) is 9.59 Å². The third kappa shape index (κ3) is 3.16. The first-order valence-electron chi connectivity index (χ1n) is 8.60. The van der Waals surface area contributed by atoms with Gasteiger partial charge in [-0.15, -0.1) is 0 Å². The van der Waals surface area contributed by atoms with Crippen LogP contribution < -0.4 is 10.2 Å². The molecular weight excluding hydrogens is 312 g/mol. The summed E-state index contributed by atoms with van der Waals surface area (Å²) in [5, 5.41) is 2.88. The molecule has 1 aliphatic rings. The number of carbonyl (C=O) groups is 2. The van der Waals surface area contributed by atoms with Gasteiger partial charge in [0.25, 0.3) is 0 Å². The molecule has 0 aromatic heterocycles. The van der Waals surface area contributed by atoms with Crippen molar-refractivity contribution in [2.24, 2.45) is 5.41 Å². The molecule has 1 unspecified atom stereocenters. The molecule has 0 radical (unpaired) electrons. The average Bonchev–Trinajstić information content (AvgIpc) is 2.89. The zero-order chi connectivity index (χ0) is 18.2. The minimum Gasteiger partial charge on any atom is -0.325 e. The van der Waals surface area contributed by atoms with Crippen molar-refractivity contribution >= 4 is 23.2 Å². The normalized spacial score (nSPS) is 16.5. The first-order chi connectivity index (χ1) is 11.8. The van der Waals surface area contributed by atoms with Crippen LogP contribution in [0.15, 0.2) is 48.5 Å². The molecule has 2 aromatic carbocycles. The van der Waals surface area contributed by atoms with Crippen LogP contribution in [0.5, 0.6) is 0 Å². The van der Waals surface area contributed by atoms with Gasteiger partial charge in [0.05, 0.1) is 0 Å². The van der Waals surface area contributed by atoms with Crippen molar-refractivity contribution in [3.05, 3.63) is 59.7 Å². The second-order valence-corrected chi connectivity index (χ2v) is 7.31. The van der Waals surface area contributed by atoms with Crippen LogP contribution >= 0.6 is 0 Å². The lowest BCUT2D eigenvalue weighted by Crippen LogP contribution is -2.49. The van der Waals surface area contributed by atoms with Crippen molar-refractivity contribution in [3.63, 3.8) is 0 Å². The highest BCUT2D eigenvalue weighted by Gasteiger charge is 2.43. The van der Waals surface area contributed by atoms with Gasteiger partial charge in [-0.1, -0.05) is 30.3 Å². The predicted molar refractivity (Wildman–Crippen MR) is 101 cm³/mol. The molecule has 2 aromatic rings. The van der Waals surface area contributed by atoms with Crippen LogP contribution in [-0.2, 0) is 16.0 Å². The van der Waals surface area contributed by atoms with E-state index in [0.717, 1.165) is 23.2 Å². The van der Waals surface area contributed by atoms with Gasteiger partial charge in [-0.3, -0.25) is 9.59 Å². The molecule has 4 nitrogen and oxygen atoms in total. The topological polar surface area (TPSA) is 49.4 Å². The molecule has 25 heavy (non-hydrogen) atoms. The van der Waals surface area contributed by atoms with E-state index in [4.69, 9.17) is 0 Å². The summed E-state index contributed by atoms with van der Waals surface area (Å²) in [6.45, 7) is 7.36. The Morgan fingerprint density at radius 3 is 2.56 bits per heavy atom. The number of para-hydroxylation sites is 1. The minimum atomic E-state index is -1.16. The van der Waals surface area contributed by atoms with E-state index in [-0.39, 0.29) is 17.9 Å². The maximum Gasteiger partial charge on any atom is 0.242 e. The van der Waals surface area contributed by atoms with E-state index >= 15 is 0 Å². The lowest BCUT2D eigenvalue weighted by Gasteiger charge is -2.31. The molecule has 1 heterocycles. The molecule has 0 bridgehead atoms. The number of aryl methyl sites for hydroxylation is 1. The Bertz CT molecular complexity index is 826. The zero-order valence-electron chi connectivity index (χ0n) is 15.2. The standard InChI is InChI=1S/C21H24N2O2/c1-14-8-7-10-17(12-14)22-19(24)21(3,4)20(25)23-15(2)13-16-9-5-6-11-18(16)23/h5-12,15H,13H2,1-4H3,(H,22,24). The monoisotopic (exact) mass is 336 g/mol. The van der Waals surface area contributed by atoms with Crippen LogP contribution in [0, 0.1) is 12.3 Å². The Kier molecular flexibility index (Phi) is 4.38. The molecule has 130 valence electrons. The summed E-state index contributed by atoms with van der Waals surface area (Å²) in [6.07, 6.45) is 0.817. The second-order valence-electron chi connectivity index (χ2n) is 7.31. The number of benzene rings is 2. The molecule has 0 saturated carbocycles. The lowest BCUT2D eigenvalue weighted by atomic mass is 9.89. The highest BCUT2D eigenvalue weighted by Crippen LogP contribution is 2.35. The van der Waals surface area contributed by atoms with Crippen molar-refractivity contribution in [1.82, 2.24) is 0 Å². The van der Waals surface area contributed by atoms with Gasteiger partial charge in [0.15, 0.2) is 0 Å². The number of anilines is 2. The quantitative estimate of drug-likeness (QED) is 0.863. The zero-order valence-corrected chi connectivity index (χ0v) is 15.2. The Morgan fingerprint density at radius 1 is 1.12 bits per heavy atom. The maximum atomic E-state index is 13.2. The van der Waals surface area contributed by atoms with Crippen molar-refractivity contribution in [1.29, 1.82) is 0 Å². The number of nitrogens with zero attached hydrogens (tertiary/aromatic N) is 1. The first-order valence-corrected chi connectivity index (χ1v) is 8.60. The van der Waals surface area contributed by atoms with E-state index in [1.54, 1.807) is 18.7 Å². The van der Waals surface area contributed by atoms with Gasteiger partial charge in [-0.25, -0.2) is 0 Å². The summed E-state index contributed by atoms with van der Waals surface area (Å²) < 4.78 is 0. The molecule has 1 aliphatic heterocycles. The van der Waals surface area contributed by atoms with Gasteiger partial charge in [0.2, 0.25) is 11.8 Å². The fourth-order valence-corrected chi connectivity index (χ4v) is 3.28. The third-order valence-corrected chi connectivity index (χ3v) is 4.80. The molecule has 3 rings (SSSR count). The number of rotatable bonds is 3. The van der Waals surface area contributed by atoms with Crippen LogP contribution in [0.1, 0.15) is 31.9 Å². The van der Waals surface area contributed by atoms with Crippen LogP contribution in [0.25, 0.3) is 0 Å². The van der Waals surface area contributed by atoms with E-state index in [1.807, 2.05) is 62.4 Å². The van der Waals surface area contributed by atoms with Crippen LogP contribution in [0.2, 0.25) is 0 Å². The maximum absolute atomic E-state index is 13.2. The van der Waals surface area contributed by atoms with Crippen molar-refractivity contribution < 1.29 is 9.59 Å². The number of hydrogen-bond donors (Lipinski definition) is 1. The van der Waals surface area contributed by atoms with Crippen LogP contribution in [0.3, 0.4) is 0 Å². The van der Waals surface area contributed by atoms with E-state index < -0.39 is 5.41 Å². The Hall–Kier alpha value is -2.62. The van der Waals surface area contributed by atoms with Gasteiger partial charge in [0.1, 0.15) is 5.41 Å². The van der Waals surface area contributed by atoms with Crippen molar-refractivity contribution in [3.8, 4) is 0 Å². The van der Waals surface area contributed by atoms with Crippen LogP contribution in [0.4, 0.5) is 11.4 Å². The van der Waals surface area contributed by atoms with E-state index in [2.05, 4.69) is 5.32 Å². The molecule has 2 amide bonds. The number of amides is 2. The number of nitrogens with one attached hydrogen (secondary N) is 1. The minimum absolute atomic E-state index is 0.0518. The molecule has 1 atom stereocenters. The summed E-state index contributed by atoms with van der Waals surface area (Å²) in [4.78, 5) is 27.8. The van der Waals surface area contributed by atoms with Gasteiger partial charge in [-0.05, 0) is 63.4 Å². The molecule has 1 N–H and O–H groups in total. The number of carbonyl (C=O) groups excluding carboxylic acids is 2. The highest BCUT2D eigenvalue weighted by atomic mass is 16.2. The molecule has 0 spiro atoms. The summed E-state index contributed by atoms with van der Waals surface area (Å²) in [6, 6.07) is 15.5. The second kappa shape index (κ2) is 6.36. The van der Waals surface area contributed by atoms with Crippen LogP contribution in [-0.4, -0.2) is 17.9 Å². The third-order valence-electron chi connectivity index (χ3n) is 4.80. The lowest BCUT2D eigenvalue weighted by molar-refractivity contribution is -0.136. The molecule has 4 heteroatoms. The highest BCUT2D eigenvalue weighted by molar-refractivity contribution is 6.15. The van der Waals surface area contributed by atoms with Gasteiger partial charge < -0.3 is 10.2 Å². The Labute approximate surface area is 148 Å². The van der Waals surface area contributed by atoms with Crippen molar-refractivity contribution in [2.45, 2.75) is 40.2 Å². The predicted octanol–water partition coefficient (Wildman–Crippen LogP) is 3.94. The van der Waals surface area contributed by atoms with Gasteiger partial charge in [-0.2, -0.15) is 0 Å². The molecule has 0 fully saturated rings. The first kappa shape index (κ1) is 17.2. The average molecular weight is 336 g/mol. The molecule has 0 aliphatic carbocycles. The fraction of sp³-hybridized carbons (Fsp3) is 0.333. The number of fused-ring (bicyclic) bond motifs is 1. The summed E-state index contributed by atoms with van der Waals surface area (Å²) in [5.41, 5.74) is 2.68. The van der Waals surface area contributed by atoms with Crippen molar-refractivity contribution in [2.75, 3.05) is 10.2 Å². The Balaban J connectivity index is 1.84. The SMILES string of the molecule is Cc1cccc(NC(=O)C(C)(C)C(=O)N2c3ccccc3CC2C)c1. The smallest absolute Gasteiger partial charge is 0.242 e. The summed E-state index contributed by atoms with van der Waals surface area (Å²) >= 11 is 0. The molecular formula is C21H24N2O2. The van der Waals surface area contributed by atoms with E-state index in [0.29, 0.717) is 5.69 Å². The molecule has 0 saturated heterocycles. The summed E-state index contributed by atoms with van der Waals surface area (Å²) in [5.74, 6) is -0.463. The summed E-state index contributed by atoms with van der Waals surface area (Å²) in [7, 11) is 0. The van der Waals surface area contributed by atoms with E-state index in [1.165, 1.54) is 0 Å². The fourth-order valence-electron chi connectivity index (χ4n) is 3.28. The van der Waals surface area contributed by atoms with Gasteiger partial charge in [0, 0.05) is 17.4 Å². The largest absolute Gasteiger partial charge is 0.325 e. The number of hydrogen-bond acceptors (Lipinski definition) is 2.